The Morgan fingerprint density at radius 2 is 1.70 bits per heavy atom. The summed E-state index contributed by atoms with van der Waals surface area (Å²) >= 11 is 0. The molecule has 0 aliphatic rings. The molecule has 0 unspecified atom stereocenters. The van der Waals surface area contributed by atoms with E-state index < -0.39 is 0 Å². The van der Waals surface area contributed by atoms with E-state index in [1.807, 2.05) is 24.3 Å². The number of hydrogen-bond donors (Lipinski definition) is 1. The number of para-hydroxylation sites is 1. The monoisotopic (exact) mass is 313 g/mol. The molecule has 0 aliphatic heterocycles. The Morgan fingerprint density at radius 1 is 1.00 bits per heavy atom. The van der Waals surface area contributed by atoms with Crippen LogP contribution in [-0.4, -0.2) is 29.8 Å². The Balaban J connectivity index is 2.12. The lowest BCUT2D eigenvalue weighted by molar-refractivity contribution is 0.0966. The van der Waals surface area contributed by atoms with Crippen LogP contribution >= 0.6 is 0 Å². The number of hydrogen-bond acceptors (Lipinski definition) is 3. The zero-order chi connectivity index (χ0) is 16.5. The van der Waals surface area contributed by atoms with Crippen molar-refractivity contribution in [1.29, 1.82) is 0 Å². The molecule has 2 aromatic rings. The van der Waals surface area contributed by atoms with E-state index in [2.05, 4.69) is 42.2 Å². The van der Waals surface area contributed by atoms with Crippen LogP contribution in [-0.2, 0) is 13.1 Å². The predicted octanol–water partition coefficient (Wildman–Crippen LogP) is 3.86. The van der Waals surface area contributed by atoms with Crippen molar-refractivity contribution in [1.82, 2.24) is 4.90 Å². The fourth-order valence-electron chi connectivity index (χ4n) is 2.82. The molecule has 0 amide bonds. The summed E-state index contributed by atoms with van der Waals surface area (Å²) < 4.78 is 5.46. The predicted molar refractivity (Wildman–Crippen MR) is 94.5 cm³/mol. The van der Waals surface area contributed by atoms with Crippen LogP contribution in [0.25, 0.3) is 0 Å². The third-order valence-electron chi connectivity index (χ3n) is 3.93. The largest absolute Gasteiger partial charge is 0.496 e. The average Bonchev–Trinajstić information content (AvgIpc) is 2.56. The first-order valence-corrected chi connectivity index (χ1v) is 8.29. The maximum atomic E-state index is 10.2. The Labute approximate surface area is 139 Å². The van der Waals surface area contributed by atoms with Crippen LogP contribution in [0.15, 0.2) is 54.6 Å². The van der Waals surface area contributed by atoms with Crippen LogP contribution in [0, 0.1) is 0 Å². The molecule has 0 spiro atoms. The lowest BCUT2D eigenvalue weighted by atomic mass is 10.1. The summed E-state index contributed by atoms with van der Waals surface area (Å²) in [6.07, 6.45) is 1.53. The second-order valence-electron chi connectivity index (χ2n) is 5.91. The Kier molecular flexibility index (Phi) is 7.11. The normalized spacial score (nSPS) is 12.3. The summed E-state index contributed by atoms with van der Waals surface area (Å²) in [5.41, 5.74) is 2.40. The number of benzene rings is 2. The number of ether oxygens (including phenoxy) is 1. The van der Waals surface area contributed by atoms with Crippen LogP contribution in [0.4, 0.5) is 0 Å². The average molecular weight is 313 g/mol. The molecule has 2 rings (SSSR count). The highest BCUT2D eigenvalue weighted by molar-refractivity contribution is 5.33. The summed E-state index contributed by atoms with van der Waals surface area (Å²) in [4.78, 5) is 2.29. The molecule has 3 nitrogen and oxygen atoms in total. The molecule has 0 radical (unpaired) electrons. The second-order valence-corrected chi connectivity index (χ2v) is 5.91. The number of aliphatic hydroxyl groups is 1. The highest BCUT2D eigenvalue weighted by Crippen LogP contribution is 2.20. The van der Waals surface area contributed by atoms with Gasteiger partial charge >= 0.3 is 0 Å². The molecule has 1 atom stereocenters. The smallest absolute Gasteiger partial charge is 0.123 e. The first-order valence-electron chi connectivity index (χ1n) is 8.29. The minimum Gasteiger partial charge on any atom is -0.496 e. The number of nitrogens with zero attached hydrogens (tertiary/aromatic N) is 1. The summed E-state index contributed by atoms with van der Waals surface area (Å²) in [5, 5.41) is 10.2. The fourth-order valence-corrected chi connectivity index (χ4v) is 2.82. The van der Waals surface area contributed by atoms with Gasteiger partial charge in [0, 0.05) is 25.2 Å². The molecule has 124 valence electrons. The van der Waals surface area contributed by atoms with E-state index in [1.165, 1.54) is 5.56 Å². The molecule has 0 fully saturated rings. The van der Waals surface area contributed by atoms with Crippen molar-refractivity contribution in [3.63, 3.8) is 0 Å². The van der Waals surface area contributed by atoms with Gasteiger partial charge in [-0.15, -0.1) is 0 Å². The third kappa shape index (κ3) is 5.70. The van der Waals surface area contributed by atoms with E-state index in [9.17, 15) is 5.11 Å². The van der Waals surface area contributed by atoms with Crippen molar-refractivity contribution in [2.24, 2.45) is 0 Å². The van der Waals surface area contributed by atoms with Gasteiger partial charge in [-0.05, 0) is 18.1 Å². The molecule has 0 saturated heterocycles. The van der Waals surface area contributed by atoms with Gasteiger partial charge in [-0.1, -0.05) is 61.9 Å². The number of rotatable bonds is 9. The summed E-state index contributed by atoms with van der Waals surface area (Å²) in [6.45, 7) is 4.35. The summed E-state index contributed by atoms with van der Waals surface area (Å²) in [5.74, 6) is 0.899. The molecular formula is C20H27NO2. The van der Waals surface area contributed by atoms with Crippen molar-refractivity contribution in [3.8, 4) is 5.75 Å². The fraction of sp³-hybridized carbons (Fsp3) is 0.400. The first-order chi connectivity index (χ1) is 11.2. The topological polar surface area (TPSA) is 32.7 Å². The van der Waals surface area contributed by atoms with Gasteiger partial charge in [-0.3, -0.25) is 4.90 Å². The van der Waals surface area contributed by atoms with Crippen LogP contribution in [0.1, 0.15) is 30.9 Å². The molecule has 0 aromatic heterocycles. The van der Waals surface area contributed by atoms with Crippen molar-refractivity contribution >= 4 is 0 Å². The highest BCUT2D eigenvalue weighted by atomic mass is 16.5. The Hall–Kier alpha value is -1.84. The molecule has 1 N–H and O–H groups in total. The van der Waals surface area contributed by atoms with Crippen molar-refractivity contribution in [3.05, 3.63) is 65.7 Å². The van der Waals surface area contributed by atoms with Gasteiger partial charge in [-0.2, -0.15) is 0 Å². The second kappa shape index (κ2) is 9.33. The van der Waals surface area contributed by atoms with Gasteiger partial charge in [0.2, 0.25) is 0 Å². The minimum absolute atomic E-state index is 0.293. The van der Waals surface area contributed by atoms with Gasteiger partial charge in [0.1, 0.15) is 5.75 Å². The van der Waals surface area contributed by atoms with Crippen LogP contribution in [0.3, 0.4) is 0 Å². The van der Waals surface area contributed by atoms with Gasteiger partial charge in [-0.25, -0.2) is 0 Å². The Bertz CT molecular complexity index is 571. The molecular weight excluding hydrogens is 286 g/mol. The van der Waals surface area contributed by atoms with Crippen molar-refractivity contribution in [2.75, 3.05) is 13.7 Å². The maximum absolute atomic E-state index is 10.2. The van der Waals surface area contributed by atoms with Crippen LogP contribution in [0.2, 0.25) is 0 Å². The van der Waals surface area contributed by atoms with Gasteiger partial charge in [0.05, 0.1) is 13.2 Å². The van der Waals surface area contributed by atoms with Gasteiger partial charge in [0.15, 0.2) is 0 Å². The first kappa shape index (κ1) is 17.5. The molecule has 23 heavy (non-hydrogen) atoms. The van der Waals surface area contributed by atoms with Gasteiger partial charge < -0.3 is 9.84 Å². The third-order valence-corrected chi connectivity index (χ3v) is 3.93. The standard InChI is InChI=1S/C20H27NO2/c1-3-9-19(22)16-21(14-17-10-5-4-6-11-17)15-18-12-7-8-13-20(18)23-2/h4-8,10-13,19,22H,3,9,14-16H2,1-2H3/t19-/m1/s1. The molecule has 0 saturated carbocycles. The lowest BCUT2D eigenvalue weighted by Crippen LogP contribution is -2.31. The van der Waals surface area contributed by atoms with Gasteiger partial charge in [0.25, 0.3) is 0 Å². The molecule has 0 bridgehead atoms. The zero-order valence-electron chi connectivity index (χ0n) is 14.1. The van der Waals surface area contributed by atoms with Crippen molar-refractivity contribution in [2.45, 2.75) is 39.0 Å². The van der Waals surface area contributed by atoms with Crippen LogP contribution in [0.5, 0.6) is 5.75 Å². The summed E-state index contributed by atoms with van der Waals surface area (Å²) in [6, 6.07) is 18.5. The lowest BCUT2D eigenvalue weighted by Gasteiger charge is -2.26. The highest BCUT2D eigenvalue weighted by Gasteiger charge is 2.14. The molecule has 0 aliphatic carbocycles. The van der Waals surface area contributed by atoms with E-state index in [4.69, 9.17) is 4.74 Å². The quantitative estimate of drug-likeness (QED) is 0.763. The van der Waals surface area contributed by atoms with E-state index in [-0.39, 0.29) is 6.10 Å². The molecule has 2 aromatic carbocycles. The SMILES string of the molecule is CCC[C@@H](O)CN(Cc1ccccc1)Cc1ccccc1OC. The van der Waals surface area contributed by atoms with E-state index in [1.54, 1.807) is 7.11 Å². The molecule has 0 heterocycles. The Morgan fingerprint density at radius 3 is 2.39 bits per heavy atom. The summed E-state index contributed by atoms with van der Waals surface area (Å²) in [7, 11) is 1.70. The van der Waals surface area contributed by atoms with Crippen molar-refractivity contribution < 1.29 is 9.84 Å². The zero-order valence-corrected chi connectivity index (χ0v) is 14.1. The van der Waals surface area contributed by atoms with Crippen LogP contribution < -0.4 is 4.74 Å². The minimum atomic E-state index is -0.293. The number of aliphatic hydroxyl groups excluding tert-OH is 1. The van der Waals surface area contributed by atoms with E-state index in [0.29, 0.717) is 6.54 Å². The number of methoxy groups -OCH3 is 1. The van der Waals surface area contributed by atoms with E-state index in [0.717, 1.165) is 37.2 Å². The maximum Gasteiger partial charge on any atom is 0.123 e. The molecule has 3 heteroatoms. The van der Waals surface area contributed by atoms with E-state index >= 15 is 0 Å².